The van der Waals surface area contributed by atoms with E-state index in [9.17, 15) is 9.59 Å². The maximum absolute atomic E-state index is 13.0. The topological polar surface area (TPSA) is 40.6 Å². The summed E-state index contributed by atoms with van der Waals surface area (Å²) in [5, 5.41) is 1.24. The predicted octanol–water partition coefficient (Wildman–Crippen LogP) is 5.77. The maximum Gasteiger partial charge on any atom is 0.253 e. The predicted molar refractivity (Wildman–Crippen MR) is 130 cm³/mol. The highest BCUT2D eigenvalue weighted by Crippen LogP contribution is 2.26. The smallest absolute Gasteiger partial charge is 0.253 e. The first-order chi connectivity index (χ1) is 15.0. The zero-order valence-corrected chi connectivity index (χ0v) is 20.1. The SMILES string of the molecule is CCCN(C(=O)CSCc1ccc(Cl)cc1Cl)C1CCN(C(=O)c2ccccc2)CC1. The Kier molecular flexibility index (Phi) is 9.12. The van der Waals surface area contributed by atoms with Crippen molar-refractivity contribution < 1.29 is 9.59 Å². The standard InChI is InChI=1S/C24H28Cl2N2O2S/c1-2-12-28(23(29)17-31-16-19-8-9-20(25)15-22(19)26)21-10-13-27(14-11-21)24(30)18-6-4-3-5-7-18/h3-9,15,21H,2,10-14,16-17H2,1H3. The number of hydrogen-bond donors (Lipinski definition) is 0. The number of carbonyl (C=O) groups excluding carboxylic acids is 2. The molecule has 1 fully saturated rings. The van der Waals surface area contributed by atoms with Gasteiger partial charge < -0.3 is 9.80 Å². The summed E-state index contributed by atoms with van der Waals surface area (Å²) in [6.45, 7) is 4.20. The van der Waals surface area contributed by atoms with Crippen molar-refractivity contribution in [1.29, 1.82) is 0 Å². The van der Waals surface area contributed by atoms with Crippen LogP contribution in [0.3, 0.4) is 0 Å². The van der Waals surface area contributed by atoms with Crippen LogP contribution >= 0.6 is 35.0 Å². The number of nitrogens with zero attached hydrogens (tertiary/aromatic N) is 2. The molecule has 3 rings (SSSR count). The average molecular weight is 479 g/mol. The third kappa shape index (κ3) is 6.64. The molecule has 4 nitrogen and oxygen atoms in total. The van der Waals surface area contributed by atoms with Gasteiger partial charge in [-0.05, 0) is 49.1 Å². The van der Waals surface area contributed by atoms with Crippen molar-refractivity contribution in [2.24, 2.45) is 0 Å². The molecule has 166 valence electrons. The van der Waals surface area contributed by atoms with Crippen molar-refractivity contribution in [1.82, 2.24) is 9.80 Å². The van der Waals surface area contributed by atoms with Crippen LogP contribution < -0.4 is 0 Å². The minimum atomic E-state index is 0.0721. The molecular weight excluding hydrogens is 451 g/mol. The summed E-state index contributed by atoms with van der Waals surface area (Å²) in [6, 6.07) is 15.0. The molecule has 2 amide bonds. The molecule has 0 radical (unpaired) electrons. The summed E-state index contributed by atoms with van der Waals surface area (Å²) >= 11 is 13.8. The second-order valence-corrected chi connectivity index (χ2v) is 9.53. The van der Waals surface area contributed by atoms with Crippen LogP contribution in [-0.4, -0.2) is 53.0 Å². The number of hydrogen-bond acceptors (Lipinski definition) is 3. The molecule has 0 saturated carbocycles. The van der Waals surface area contributed by atoms with E-state index in [1.54, 1.807) is 17.8 Å². The third-order valence-electron chi connectivity index (χ3n) is 5.50. The number of halogens is 2. The molecule has 0 unspecified atom stereocenters. The first-order valence-corrected chi connectivity index (χ1v) is 12.6. The monoisotopic (exact) mass is 478 g/mol. The lowest BCUT2D eigenvalue weighted by atomic mass is 10.0. The zero-order valence-electron chi connectivity index (χ0n) is 17.7. The van der Waals surface area contributed by atoms with Gasteiger partial charge in [0.25, 0.3) is 5.91 Å². The van der Waals surface area contributed by atoms with Gasteiger partial charge in [-0.1, -0.05) is 54.4 Å². The van der Waals surface area contributed by atoms with E-state index in [1.165, 1.54) is 0 Å². The van der Waals surface area contributed by atoms with Crippen molar-refractivity contribution in [3.63, 3.8) is 0 Å². The fraction of sp³-hybridized carbons (Fsp3) is 0.417. The Balaban J connectivity index is 1.51. The van der Waals surface area contributed by atoms with Crippen LogP contribution in [0.2, 0.25) is 10.0 Å². The number of benzene rings is 2. The number of carbonyl (C=O) groups is 2. The third-order valence-corrected chi connectivity index (χ3v) is 7.05. The fourth-order valence-electron chi connectivity index (χ4n) is 3.87. The second kappa shape index (κ2) is 11.8. The molecule has 0 spiro atoms. The van der Waals surface area contributed by atoms with Gasteiger partial charge in [-0.25, -0.2) is 0 Å². The van der Waals surface area contributed by atoms with Crippen molar-refractivity contribution in [3.05, 3.63) is 69.7 Å². The molecule has 1 aliphatic rings. The molecule has 0 atom stereocenters. The van der Waals surface area contributed by atoms with Gasteiger partial charge in [0.1, 0.15) is 0 Å². The Morgan fingerprint density at radius 2 is 1.81 bits per heavy atom. The van der Waals surface area contributed by atoms with E-state index in [0.717, 1.165) is 36.9 Å². The molecule has 0 bridgehead atoms. The van der Waals surface area contributed by atoms with Crippen LogP contribution in [0.25, 0.3) is 0 Å². The lowest BCUT2D eigenvalue weighted by Crippen LogP contribution is -2.49. The summed E-state index contributed by atoms with van der Waals surface area (Å²) in [5.41, 5.74) is 1.71. The normalized spacial score (nSPS) is 14.5. The van der Waals surface area contributed by atoms with E-state index in [1.807, 2.05) is 52.3 Å². The van der Waals surface area contributed by atoms with Gasteiger partial charge in [-0.15, -0.1) is 11.8 Å². The average Bonchev–Trinajstić information content (AvgIpc) is 2.79. The van der Waals surface area contributed by atoms with E-state index >= 15 is 0 Å². The number of likely N-dealkylation sites (tertiary alicyclic amines) is 1. The van der Waals surface area contributed by atoms with E-state index < -0.39 is 0 Å². The van der Waals surface area contributed by atoms with Crippen LogP contribution in [0.4, 0.5) is 0 Å². The van der Waals surface area contributed by atoms with Crippen molar-refractivity contribution >= 4 is 46.8 Å². The highest BCUT2D eigenvalue weighted by Gasteiger charge is 2.29. The van der Waals surface area contributed by atoms with Crippen LogP contribution in [0.5, 0.6) is 0 Å². The second-order valence-electron chi connectivity index (χ2n) is 7.71. The van der Waals surface area contributed by atoms with E-state index in [4.69, 9.17) is 23.2 Å². The molecule has 2 aromatic carbocycles. The van der Waals surface area contributed by atoms with Gasteiger partial charge >= 0.3 is 0 Å². The Morgan fingerprint density at radius 1 is 1.10 bits per heavy atom. The molecular formula is C24H28Cl2N2O2S. The largest absolute Gasteiger partial charge is 0.339 e. The molecule has 1 saturated heterocycles. The van der Waals surface area contributed by atoms with Crippen molar-refractivity contribution in [3.8, 4) is 0 Å². The Labute approximate surface area is 198 Å². The van der Waals surface area contributed by atoms with Gasteiger partial charge in [0.2, 0.25) is 5.91 Å². The summed E-state index contributed by atoms with van der Waals surface area (Å²) in [4.78, 5) is 29.6. The van der Waals surface area contributed by atoms with Crippen LogP contribution in [-0.2, 0) is 10.5 Å². The molecule has 7 heteroatoms. The van der Waals surface area contributed by atoms with Gasteiger partial charge in [0.05, 0.1) is 5.75 Å². The molecule has 0 aliphatic carbocycles. The van der Waals surface area contributed by atoms with Crippen LogP contribution in [0.1, 0.15) is 42.1 Å². The Hall–Kier alpha value is -1.69. The molecule has 31 heavy (non-hydrogen) atoms. The maximum atomic E-state index is 13.0. The van der Waals surface area contributed by atoms with Crippen LogP contribution in [0, 0.1) is 0 Å². The quantitative estimate of drug-likeness (QED) is 0.483. The number of piperidine rings is 1. The van der Waals surface area contributed by atoms with Gasteiger partial charge in [0.15, 0.2) is 0 Å². The van der Waals surface area contributed by atoms with E-state index in [2.05, 4.69) is 6.92 Å². The molecule has 2 aromatic rings. The lowest BCUT2D eigenvalue weighted by molar-refractivity contribution is -0.131. The first kappa shape index (κ1) is 24.0. The summed E-state index contributed by atoms with van der Waals surface area (Å²) in [7, 11) is 0. The van der Waals surface area contributed by atoms with Gasteiger partial charge in [-0.3, -0.25) is 9.59 Å². The van der Waals surface area contributed by atoms with Gasteiger partial charge in [0, 0.05) is 47.0 Å². The minimum Gasteiger partial charge on any atom is -0.339 e. The molecule has 0 aromatic heterocycles. The lowest BCUT2D eigenvalue weighted by Gasteiger charge is -2.38. The fourth-order valence-corrected chi connectivity index (χ4v) is 5.33. The molecule has 0 N–H and O–H groups in total. The summed E-state index contributed by atoms with van der Waals surface area (Å²) in [6.07, 6.45) is 2.55. The van der Waals surface area contributed by atoms with Crippen molar-refractivity contribution in [2.45, 2.75) is 38.0 Å². The van der Waals surface area contributed by atoms with E-state index in [0.29, 0.717) is 34.6 Å². The summed E-state index contributed by atoms with van der Waals surface area (Å²) in [5.74, 6) is 1.32. The first-order valence-electron chi connectivity index (χ1n) is 10.6. The molecule has 1 aliphatic heterocycles. The number of thioether (sulfide) groups is 1. The summed E-state index contributed by atoms with van der Waals surface area (Å²) < 4.78 is 0. The number of amides is 2. The minimum absolute atomic E-state index is 0.0721. The van der Waals surface area contributed by atoms with Gasteiger partial charge in [-0.2, -0.15) is 0 Å². The highest BCUT2D eigenvalue weighted by atomic mass is 35.5. The number of rotatable bonds is 8. The highest BCUT2D eigenvalue weighted by molar-refractivity contribution is 7.99. The Morgan fingerprint density at radius 3 is 2.45 bits per heavy atom. The van der Waals surface area contributed by atoms with Crippen molar-refractivity contribution in [2.75, 3.05) is 25.4 Å². The van der Waals surface area contributed by atoms with Crippen LogP contribution in [0.15, 0.2) is 48.5 Å². The van der Waals surface area contributed by atoms with E-state index in [-0.39, 0.29) is 17.9 Å². The zero-order chi connectivity index (χ0) is 22.2. The Bertz CT molecular complexity index is 886. The molecule has 1 heterocycles.